The average Bonchev–Trinajstić information content (AvgIpc) is 3.24. The number of hydrogen-bond acceptors (Lipinski definition) is 3. The fraction of sp³-hybridized carbons (Fsp3) is 0.227. The van der Waals surface area contributed by atoms with Crippen molar-refractivity contribution in [3.05, 3.63) is 89.9 Å². The summed E-state index contributed by atoms with van der Waals surface area (Å²) < 4.78 is 34.2. The van der Waals surface area contributed by atoms with E-state index in [9.17, 15) is 13.6 Å². The second-order valence-corrected chi connectivity index (χ2v) is 6.47. The lowest BCUT2D eigenvalue weighted by molar-refractivity contribution is -0.678. The van der Waals surface area contributed by atoms with E-state index in [4.69, 9.17) is 4.42 Å². The highest BCUT2D eigenvalue weighted by Crippen LogP contribution is 2.18. The first kappa shape index (κ1) is 20.5. The fourth-order valence-corrected chi connectivity index (χ4v) is 3.03. The number of quaternary nitrogens is 1. The molecule has 0 saturated carbocycles. The van der Waals surface area contributed by atoms with Crippen LogP contribution in [0.2, 0.25) is 0 Å². The maximum Gasteiger partial charge on any atom is 0.387 e. The largest absolute Gasteiger partial charge is 0.463 e. The van der Waals surface area contributed by atoms with Gasteiger partial charge in [0, 0.05) is 12.1 Å². The van der Waals surface area contributed by atoms with Crippen molar-refractivity contribution in [2.24, 2.45) is 0 Å². The van der Waals surface area contributed by atoms with Gasteiger partial charge in [-0.05, 0) is 36.2 Å². The van der Waals surface area contributed by atoms with E-state index in [0.29, 0.717) is 13.0 Å². The van der Waals surface area contributed by atoms with Gasteiger partial charge in [0.05, 0.1) is 6.26 Å². The lowest BCUT2D eigenvalue weighted by Gasteiger charge is -2.14. The number of furan rings is 1. The molecule has 5 nitrogen and oxygen atoms in total. The third-order valence-electron chi connectivity index (χ3n) is 4.43. The second kappa shape index (κ2) is 10.4. The summed E-state index contributed by atoms with van der Waals surface area (Å²) in [6.07, 6.45) is 2.22. The zero-order valence-electron chi connectivity index (χ0n) is 15.8. The molecule has 0 fully saturated rings. The van der Waals surface area contributed by atoms with Crippen LogP contribution in [-0.4, -0.2) is 25.6 Å². The van der Waals surface area contributed by atoms with Gasteiger partial charge >= 0.3 is 6.61 Å². The number of alkyl halides is 2. The molecule has 29 heavy (non-hydrogen) atoms. The minimum absolute atomic E-state index is 0.0878. The molecule has 1 aromatic heterocycles. The molecule has 0 aliphatic carbocycles. The number of amides is 1. The van der Waals surface area contributed by atoms with Crippen LogP contribution in [0.3, 0.4) is 0 Å². The normalized spacial score (nSPS) is 12.0. The number of benzene rings is 2. The van der Waals surface area contributed by atoms with Gasteiger partial charge in [-0.3, -0.25) is 4.79 Å². The Hall–Kier alpha value is -3.19. The van der Waals surface area contributed by atoms with Gasteiger partial charge in [-0.15, -0.1) is 0 Å². The molecule has 152 valence electrons. The van der Waals surface area contributed by atoms with Gasteiger partial charge in [-0.1, -0.05) is 42.5 Å². The van der Waals surface area contributed by atoms with Gasteiger partial charge in [0.25, 0.3) is 5.91 Å². The van der Waals surface area contributed by atoms with E-state index in [1.54, 1.807) is 18.4 Å². The SMILES string of the molecule is O=C(C[NH2+][C@@H](c1ccccc1)c1ccco1)NCCc1ccc(OC(F)F)cc1. The highest BCUT2D eigenvalue weighted by atomic mass is 19.3. The molecule has 3 N–H and O–H groups in total. The van der Waals surface area contributed by atoms with Gasteiger partial charge in [0.15, 0.2) is 18.3 Å². The molecule has 0 unspecified atom stereocenters. The molecule has 3 aromatic rings. The average molecular weight is 401 g/mol. The van der Waals surface area contributed by atoms with Crippen molar-refractivity contribution in [1.29, 1.82) is 0 Å². The van der Waals surface area contributed by atoms with E-state index >= 15 is 0 Å². The van der Waals surface area contributed by atoms with Crippen LogP contribution in [0, 0.1) is 0 Å². The molecule has 0 bridgehead atoms. The Morgan fingerprint density at radius 1 is 1.03 bits per heavy atom. The lowest BCUT2D eigenvalue weighted by Crippen LogP contribution is -2.87. The predicted octanol–water partition coefficient (Wildman–Crippen LogP) is 2.89. The molecule has 7 heteroatoms. The Morgan fingerprint density at radius 2 is 1.79 bits per heavy atom. The molecule has 2 aromatic carbocycles. The van der Waals surface area contributed by atoms with Crippen molar-refractivity contribution in [3.63, 3.8) is 0 Å². The molecule has 0 radical (unpaired) electrons. The van der Waals surface area contributed by atoms with Crippen LogP contribution in [-0.2, 0) is 11.2 Å². The lowest BCUT2D eigenvalue weighted by atomic mass is 10.0. The van der Waals surface area contributed by atoms with Crippen molar-refractivity contribution in [2.75, 3.05) is 13.1 Å². The van der Waals surface area contributed by atoms with E-state index in [-0.39, 0.29) is 24.2 Å². The minimum atomic E-state index is -2.84. The molecule has 0 aliphatic heterocycles. The Balaban J connectivity index is 1.46. The van der Waals surface area contributed by atoms with Gasteiger partial charge in [-0.2, -0.15) is 8.78 Å². The zero-order valence-corrected chi connectivity index (χ0v) is 15.8. The van der Waals surface area contributed by atoms with Crippen molar-refractivity contribution < 1.29 is 28.0 Å². The molecular weight excluding hydrogens is 378 g/mol. The van der Waals surface area contributed by atoms with Gasteiger partial charge in [0.2, 0.25) is 0 Å². The maximum absolute atomic E-state index is 12.2. The Bertz CT molecular complexity index is 869. The molecule has 3 rings (SSSR count). The topological polar surface area (TPSA) is 68.1 Å². The number of carbonyl (C=O) groups excluding carboxylic acids is 1. The van der Waals surface area contributed by atoms with Crippen LogP contribution in [0.15, 0.2) is 77.4 Å². The summed E-state index contributed by atoms with van der Waals surface area (Å²) in [4.78, 5) is 12.2. The van der Waals surface area contributed by atoms with Crippen LogP contribution in [0.25, 0.3) is 0 Å². The van der Waals surface area contributed by atoms with E-state index in [0.717, 1.165) is 16.9 Å². The van der Waals surface area contributed by atoms with E-state index < -0.39 is 6.61 Å². The second-order valence-electron chi connectivity index (χ2n) is 6.47. The Morgan fingerprint density at radius 3 is 2.45 bits per heavy atom. The predicted molar refractivity (Wildman–Crippen MR) is 104 cm³/mol. The smallest absolute Gasteiger partial charge is 0.387 e. The molecule has 1 amide bonds. The molecule has 1 heterocycles. The quantitative estimate of drug-likeness (QED) is 0.549. The molecular formula is C22H23F2N2O3+. The summed E-state index contributed by atoms with van der Waals surface area (Å²) in [7, 11) is 0. The van der Waals surface area contributed by atoms with Crippen LogP contribution in [0.5, 0.6) is 5.75 Å². The minimum Gasteiger partial charge on any atom is -0.463 e. The fourth-order valence-electron chi connectivity index (χ4n) is 3.03. The molecule has 1 atom stereocenters. The van der Waals surface area contributed by atoms with Gasteiger partial charge in [0.1, 0.15) is 5.75 Å². The Kier molecular flexibility index (Phi) is 7.35. The van der Waals surface area contributed by atoms with Crippen molar-refractivity contribution in [2.45, 2.75) is 19.1 Å². The summed E-state index contributed by atoms with van der Waals surface area (Å²) in [6, 6.07) is 19.9. The van der Waals surface area contributed by atoms with E-state index in [1.165, 1.54) is 12.1 Å². The number of hydrogen-bond donors (Lipinski definition) is 2. The standard InChI is InChI=1S/C22H22F2N2O3/c23-22(24)29-18-10-8-16(9-11-18)12-13-25-20(27)15-26-21(19-7-4-14-28-19)17-5-2-1-3-6-17/h1-11,14,21-22,26H,12-13,15H2,(H,25,27)/p+1/t21-/m0/s1. The van der Waals surface area contributed by atoms with E-state index in [1.807, 2.05) is 47.8 Å². The van der Waals surface area contributed by atoms with Crippen LogP contribution in [0.1, 0.15) is 22.9 Å². The Labute approximate surface area is 167 Å². The first-order valence-electron chi connectivity index (χ1n) is 9.34. The number of nitrogens with two attached hydrogens (primary N) is 1. The summed E-state index contributed by atoms with van der Waals surface area (Å²) in [6.45, 7) is -2.13. The summed E-state index contributed by atoms with van der Waals surface area (Å²) in [5.41, 5.74) is 1.98. The number of nitrogens with one attached hydrogen (secondary N) is 1. The number of halogens is 2. The summed E-state index contributed by atoms with van der Waals surface area (Å²) in [5, 5.41) is 4.81. The monoisotopic (exact) mass is 401 g/mol. The number of carbonyl (C=O) groups is 1. The summed E-state index contributed by atoms with van der Waals surface area (Å²) >= 11 is 0. The molecule has 0 spiro atoms. The van der Waals surface area contributed by atoms with Crippen molar-refractivity contribution in [3.8, 4) is 5.75 Å². The number of rotatable bonds is 10. The van der Waals surface area contributed by atoms with Gasteiger partial charge in [-0.25, -0.2) is 0 Å². The highest BCUT2D eigenvalue weighted by Gasteiger charge is 2.21. The third kappa shape index (κ3) is 6.43. The highest BCUT2D eigenvalue weighted by molar-refractivity contribution is 5.76. The molecule has 0 saturated heterocycles. The van der Waals surface area contributed by atoms with Gasteiger partial charge < -0.3 is 19.8 Å². The third-order valence-corrected chi connectivity index (χ3v) is 4.43. The number of ether oxygens (including phenoxy) is 1. The summed E-state index contributed by atoms with van der Waals surface area (Å²) in [5.74, 6) is 0.817. The van der Waals surface area contributed by atoms with Crippen LogP contribution >= 0.6 is 0 Å². The first-order chi connectivity index (χ1) is 14.1. The maximum atomic E-state index is 12.2. The van der Waals surface area contributed by atoms with Crippen molar-refractivity contribution in [1.82, 2.24) is 5.32 Å². The van der Waals surface area contributed by atoms with E-state index in [2.05, 4.69) is 10.1 Å². The van der Waals surface area contributed by atoms with Crippen LogP contribution in [0.4, 0.5) is 8.78 Å². The zero-order chi connectivity index (χ0) is 20.5. The molecule has 0 aliphatic rings. The van der Waals surface area contributed by atoms with Crippen molar-refractivity contribution >= 4 is 5.91 Å². The van der Waals surface area contributed by atoms with Crippen LogP contribution < -0.4 is 15.4 Å². The first-order valence-corrected chi connectivity index (χ1v) is 9.34.